The summed E-state index contributed by atoms with van der Waals surface area (Å²) in [5.41, 5.74) is -0.580. The molecule has 0 saturated carbocycles. The molecule has 2 saturated heterocycles. The number of amides is 2. The first-order chi connectivity index (χ1) is 11.7. The first kappa shape index (κ1) is 18.0. The lowest BCUT2D eigenvalue weighted by Crippen LogP contribution is -2.46. The number of aromatic nitrogens is 1. The van der Waals surface area contributed by atoms with Gasteiger partial charge in [0.15, 0.2) is 0 Å². The lowest BCUT2D eigenvalue weighted by atomic mass is 9.78. The van der Waals surface area contributed by atoms with Crippen LogP contribution < -0.4 is 4.90 Å². The Morgan fingerprint density at radius 2 is 1.96 bits per heavy atom. The van der Waals surface area contributed by atoms with E-state index >= 15 is 0 Å². The molecule has 1 aromatic heterocycles. The molecule has 3 heterocycles. The Bertz CT molecular complexity index is 661. The van der Waals surface area contributed by atoms with Crippen LogP contribution in [0.5, 0.6) is 0 Å². The number of carbonyl (C=O) groups is 2. The Morgan fingerprint density at radius 1 is 1.28 bits per heavy atom. The van der Waals surface area contributed by atoms with Gasteiger partial charge in [0.05, 0.1) is 5.02 Å². The van der Waals surface area contributed by atoms with Gasteiger partial charge in [-0.2, -0.15) is 0 Å². The number of rotatable bonds is 1. The van der Waals surface area contributed by atoms with Crippen molar-refractivity contribution < 1.29 is 14.3 Å². The summed E-state index contributed by atoms with van der Waals surface area (Å²) in [6.07, 6.45) is 3.37. The molecule has 2 amide bonds. The highest BCUT2D eigenvalue weighted by Crippen LogP contribution is 2.42. The summed E-state index contributed by atoms with van der Waals surface area (Å²) in [5.74, 6) is 0.724. The van der Waals surface area contributed by atoms with Gasteiger partial charge in [0.1, 0.15) is 11.4 Å². The standard InChI is InChI=1S/C18H24ClN3O3/c1-17(2,3)25-16(24)21-8-6-18(7-9-21)10-15(23)22(12-18)14-5-4-13(19)11-20-14/h4-5,11H,6-10,12H2,1-3H3. The van der Waals surface area contributed by atoms with Crippen molar-refractivity contribution in [2.75, 3.05) is 24.5 Å². The average Bonchev–Trinajstić information content (AvgIpc) is 2.83. The molecule has 25 heavy (non-hydrogen) atoms. The maximum absolute atomic E-state index is 12.5. The molecule has 0 unspecified atom stereocenters. The van der Waals surface area contributed by atoms with Gasteiger partial charge in [-0.15, -0.1) is 0 Å². The van der Waals surface area contributed by atoms with E-state index in [0.717, 1.165) is 12.8 Å². The predicted octanol–water partition coefficient (Wildman–Crippen LogP) is 3.49. The second-order valence-electron chi connectivity index (χ2n) is 7.96. The predicted molar refractivity (Wildman–Crippen MR) is 95.7 cm³/mol. The first-order valence-corrected chi connectivity index (χ1v) is 8.95. The van der Waals surface area contributed by atoms with Gasteiger partial charge in [0, 0.05) is 37.7 Å². The second kappa shape index (κ2) is 6.48. The number of ether oxygens (including phenoxy) is 1. The van der Waals surface area contributed by atoms with Crippen molar-refractivity contribution in [3.05, 3.63) is 23.4 Å². The summed E-state index contributed by atoms with van der Waals surface area (Å²) in [6, 6.07) is 3.52. The molecule has 2 fully saturated rings. The zero-order chi connectivity index (χ0) is 18.2. The molecule has 7 heteroatoms. The van der Waals surface area contributed by atoms with Gasteiger partial charge in [0.2, 0.25) is 5.91 Å². The Hall–Kier alpha value is -1.82. The van der Waals surface area contributed by atoms with Gasteiger partial charge in [-0.25, -0.2) is 9.78 Å². The topological polar surface area (TPSA) is 62.7 Å². The van der Waals surface area contributed by atoms with E-state index in [4.69, 9.17) is 16.3 Å². The van der Waals surface area contributed by atoms with E-state index in [-0.39, 0.29) is 17.4 Å². The number of nitrogens with zero attached hydrogens (tertiary/aromatic N) is 3. The van der Waals surface area contributed by atoms with E-state index < -0.39 is 5.60 Å². The van der Waals surface area contributed by atoms with Crippen LogP contribution in [0.3, 0.4) is 0 Å². The van der Waals surface area contributed by atoms with E-state index in [2.05, 4.69) is 4.98 Å². The summed E-state index contributed by atoms with van der Waals surface area (Å²) in [6.45, 7) is 7.46. The molecule has 1 aromatic rings. The van der Waals surface area contributed by atoms with E-state index in [1.54, 1.807) is 28.1 Å². The molecule has 3 rings (SSSR count). The van der Waals surface area contributed by atoms with Crippen molar-refractivity contribution in [2.24, 2.45) is 5.41 Å². The molecule has 136 valence electrons. The van der Waals surface area contributed by atoms with Crippen molar-refractivity contribution >= 4 is 29.4 Å². The van der Waals surface area contributed by atoms with Gasteiger partial charge < -0.3 is 9.64 Å². The lowest BCUT2D eigenvalue weighted by molar-refractivity contribution is -0.118. The summed E-state index contributed by atoms with van der Waals surface area (Å²) in [5, 5.41) is 0.552. The minimum atomic E-state index is -0.493. The molecule has 0 bridgehead atoms. The molecule has 2 aliphatic rings. The summed E-state index contributed by atoms with van der Waals surface area (Å²) in [4.78, 5) is 32.4. The SMILES string of the molecule is CC(C)(C)OC(=O)N1CCC2(CC1)CC(=O)N(c1ccc(Cl)cn1)C2. The van der Waals surface area contributed by atoms with Gasteiger partial charge in [-0.3, -0.25) is 9.69 Å². The Morgan fingerprint density at radius 3 is 2.52 bits per heavy atom. The molecule has 0 N–H and O–H groups in total. The van der Waals surface area contributed by atoms with Crippen molar-refractivity contribution in [3.63, 3.8) is 0 Å². The fourth-order valence-corrected chi connectivity index (χ4v) is 3.57. The van der Waals surface area contributed by atoms with Crippen LogP contribution >= 0.6 is 11.6 Å². The van der Waals surface area contributed by atoms with E-state index in [1.165, 1.54) is 0 Å². The van der Waals surface area contributed by atoms with Crippen LogP contribution in [0.15, 0.2) is 18.3 Å². The minimum absolute atomic E-state index is 0.0838. The van der Waals surface area contributed by atoms with E-state index in [1.807, 2.05) is 20.8 Å². The van der Waals surface area contributed by atoms with E-state index in [9.17, 15) is 9.59 Å². The van der Waals surface area contributed by atoms with Crippen molar-refractivity contribution in [3.8, 4) is 0 Å². The molecule has 0 atom stereocenters. The zero-order valence-electron chi connectivity index (χ0n) is 14.9. The van der Waals surface area contributed by atoms with Gasteiger partial charge in [-0.05, 0) is 45.7 Å². The van der Waals surface area contributed by atoms with Crippen molar-refractivity contribution in [2.45, 2.75) is 45.6 Å². The highest BCUT2D eigenvalue weighted by molar-refractivity contribution is 6.30. The normalized spacial score (nSPS) is 20.2. The van der Waals surface area contributed by atoms with Crippen molar-refractivity contribution in [1.82, 2.24) is 9.88 Å². The molecule has 0 aliphatic carbocycles. The molecule has 0 aromatic carbocycles. The lowest BCUT2D eigenvalue weighted by Gasteiger charge is -2.39. The van der Waals surface area contributed by atoms with Crippen LogP contribution in [0.1, 0.15) is 40.0 Å². The summed E-state index contributed by atoms with van der Waals surface area (Å²) < 4.78 is 5.44. The van der Waals surface area contributed by atoms with Crippen LogP contribution in [-0.2, 0) is 9.53 Å². The summed E-state index contributed by atoms with van der Waals surface area (Å²) >= 11 is 5.87. The largest absolute Gasteiger partial charge is 0.444 e. The number of hydrogen-bond donors (Lipinski definition) is 0. The van der Waals surface area contributed by atoms with E-state index in [0.29, 0.717) is 36.9 Å². The summed E-state index contributed by atoms with van der Waals surface area (Å²) in [7, 11) is 0. The smallest absolute Gasteiger partial charge is 0.410 e. The molecule has 1 spiro atoms. The Kier molecular flexibility index (Phi) is 4.66. The minimum Gasteiger partial charge on any atom is -0.444 e. The van der Waals surface area contributed by atoms with Crippen LogP contribution in [0.25, 0.3) is 0 Å². The molecular formula is C18H24ClN3O3. The highest BCUT2D eigenvalue weighted by Gasteiger charge is 2.46. The number of halogens is 1. The third kappa shape index (κ3) is 4.06. The highest BCUT2D eigenvalue weighted by atomic mass is 35.5. The number of carbonyl (C=O) groups excluding carboxylic acids is 2. The van der Waals surface area contributed by atoms with Crippen LogP contribution in [0, 0.1) is 5.41 Å². The Balaban J connectivity index is 1.63. The molecule has 2 aliphatic heterocycles. The third-order valence-corrected chi connectivity index (χ3v) is 5.01. The monoisotopic (exact) mass is 365 g/mol. The fraction of sp³-hybridized carbons (Fsp3) is 0.611. The number of piperidine rings is 1. The average molecular weight is 366 g/mol. The van der Waals surface area contributed by atoms with Crippen molar-refractivity contribution in [1.29, 1.82) is 0 Å². The molecule has 6 nitrogen and oxygen atoms in total. The Labute approximate surface area is 153 Å². The number of pyridine rings is 1. The third-order valence-electron chi connectivity index (χ3n) is 4.78. The van der Waals surface area contributed by atoms with Crippen LogP contribution in [-0.4, -0.2) is 47.1 Å². The maximum Gasteiger partial charge on any atom is 0.410 e. The van der Waals surface area contributed by atoms with Gasteiger partial charge >= 0.3 is 6.09 Å². The van der Waals surface area contributed by atoms with Gasteiger partial charge in [0.25, 0.3) is 0 Å². The van der Waals surface area contributed by atoms with Crippen LogP contribution in [0.2, 0.25) is 5.02 Å². The molecule has 0 radical (unpaired) electrons. The maximum atomic E-state index is 12.5. The fourth-order valence-electron chi connectivity index (χ4n) is 3.46. The molecular weight excluding hydrogens is 342 g/mol. The van der Waals surface area contributed by atoms with Crippen LogP contribution in [0.4, 0.5) is 10.6 Å². The number of hydrogen-bond acceptors (Lipinski definition) is 4. The quantitative estimate of drug-likeness (QED) is 0.764. The second-order valence-corrected chi connectivity index (χ2v) is 8.40. The first-order valence-electron chi connectivity index (χ1n) is 8.57. The number of likely N-dealkylation sites (tertiary alicyclic amines) is 1. The zero-order valence-corrected chi connectivity index (χ0v) is 15.7. The number of anilines is 1. The van der Waals surface area contributed by atoms with Gasteiger partial charge in [-0.1, -0.05) is 11.6 Å².